The van der Waals surface area contributed by atoms with E-state index in [1.165, 1.54) is 0 Å². The van der Waals surface area contributed by atoms with E-state index in [9.17, 15) is 4.79 Å². The highest BCUT2D eigenvalue weighted by molar-refractivity contribution is 7.80. The highest BCUT2D eigenvalue weighted by Crippen LogP contribution is 1.88. The van der Waals surface area contributed by atoms with Crippen molar-refractivity contribution in [1.82, 2.24) is 10.2 Å². The monoisotopic (exact) mass is 203 g/mol. The minimum atomic E-state index is -0.0505. The maximum atomic E-state index is 11.2. The first-order valence-corrected chi connectivity index (χ1v) is 4.76. The summed E-state index contributed by atoms with van der Waals surface area (Å²) in [7, 11) is 1.75. The Kier molecular flexibility index (Phi) is 6.22. The molecule has 2 amide bonds. The molecule has 0 atom stereocenters. The molecule has 0 fully saturated rings. The molecule has 0 rings (SSSR count). The predicted molar refractivity (Wildman–Crippen MR) is 57.7 cm³/mol. The lowest BCUT2D eigenvalue weighted by atomic mass is 10.3. The first kappa shape index (κ1) is 12.2. The molecule has 0 spiro atoms. The number of carbonyl (C=O) groups is 1. The number of carbonyl (C=O) groups excluding carboxylic acids is 1. The first-order chi connectivity index (χ1) is 6.07. The second-order valence-electron chi connectivity index (χ2n) is 2.82. The maximum Gasteiger partial charge on any atom is 0.317 e. The fourth-order valence-electron chi connectivity index (χ4n) is 0.737. The lowest BCUT2D eigenvalue weighted by Gasteiger charge is -2.15. The van der Waals surface area contributed by atoms with Gasteiger partial charge in [0.25, 0.3) is 0 Å². The fraction of sp³-hybridized carbons (Fsp3) is 0.750. The number of thiocarbonyl (C=S) groups is 1. The quantitative estimate of drug-likeness (QED) is 0.511. The van der Waals surface area contributed by atoms with Crippen LogP contribution in [0.15, 0.2) is 0 Å². The van der Waals surface area contributed by atoms with Crippen LogP contribution >= 0.6 is 12.2 Å². The van der Waals surface area contributed by atoms with Gasteiger partial charge in [0.15, 0.2) is 0 Å². The van der Waals surface area contributed by atoms with E-state index in [1.54, 1.807) is 11.9 Å². The molecule has 0 unspecified atom stereocenters. The summed E-state index contributed by atoms with van der Waals surface area (Å²) in [5.74, 6) is 0. The van der Waals surface area contributed by atoms with Crippen molar-refractivity contribution >= 4 is 23.2 Å². The third kappa shape index (κ3) is 6.33. The van der Waals surface area contributed by atoms with Gasteiger partial charge in [0.2, 0.25) is 0 Å². The molecule has 0 aromatic carbocycles. The molecule has 0 aromatic rings. The van der Waals surface area contributed by atoms with Crippen molar-refractivity contribution in [2.45, 2.75) is 19.8 Å². The zero-order valence-corrected chi connectivity index (χ0v) is 8.99. The third-order valence-electron chi connectivity index (χ3n) is 1.70. The third-order valence-corrected chi connectivity index (χ3v) is 1.90. The van der Waals surface area contributed by atoms with E-state index in [1.807, 2.05) is 6.92 Å². The summed E-state index contributed by atoms with van der Waals surface area (Å²) in [4.78, 5) is 13.3. The Labute approximate surface area is 84.5 Å². The van der Waals surface area contributed by atoms with Gasteiger partial charge in [-0.15, -0.1) is 0 Å². The summed E-state index contributed by atoms with van der Waals surface area (Å²) >= 11 is 4.70. The minimum absolute atomic E-state index is 0.0505. The molecule has 5 heteroatoms. The molecule has 0 aliphatic carbocycles. The van der Waals surface area contributed by atoms with Gasteiger partial charge >= 0.3 is 6.03 Å². The molecular formula is C8H17N3OS. The number of rotatable bonds is 5. The van der Waals surface area contributed by atoms with Crippen molar-refractivity contribution in [2.24, 2.45) is 5.73 Å². The highest BCUT2D eigenvalue weighted by atomic mass is 32.1. The van der Waals surface area contributed by atoms with Gasteiger partial charge in [-0.1, -0.05) is 12.2 Å². The summed E-state index contributed by atoms with van der Waals surface area (Å²) in [6, 6.07) is -0.0505. The van der Waals surface area contributed by atoms with Crippen LogP contribution in [-0.2, 0) is 0 Å². The Morgan fingerprint density at radius 3 is 2.69 bits per heavy atom. The Balaban J connectivity index is 3.42. The SMILES string of the molecule is CCN(C)C(=O)NCCCC(N)=S. The molecule has 13 heavy (non-hydrogen) atoms. The minimum Gasteiger partial charge on any atom is -0.393 e. The smallest absolute Gasteiger partial charge is 0.317 e. The molecule has 0 aromatic heterocycles. The molecule has 0 saturated carbocycles. The first-order valence-electron chi connectivity index (χ1n) is 4.35. The second kappa shape index (κ2) is 6.65. The standard InChI is InChI=1S/C8H17N3OS/c1-3-11(2)8(12)10-6-4-5-7(9)13/h3-6H2,1-2H3,(H2,9,13)(H,10,12). The molecule has 3 N–H and O–H groups in total. The zero-order valence-electron chi connectivity index (χ0n) is 8.17. The Hall–Kier alpha value is -0.840. The van der Waals surface area contributed by atoms with Crippen molar-refractivity contribution in [3.63, 3.8) is 0 Å². The van der Waals surface area contributed by atoms with Crippen LogP contribution in [0.25, 0.3) is 0 Å². The van der Waals surface area contributed by atoms with Crippen LogP contribution in [0.5, 0.6) is 0 Å². The van der Waals surface area contributed by atoms with Gasteiger partial charge in [-0.05, 0) is 19.8 Å². The fourth-order valence-corrected chi connectivity index (χ4v) is 0.881. The van der Waals surface area contributed by atoms with Gasteiger partial charge in [-0.2, -0.15) is 0 Å². The lowest BCUT2D eigenvalue weighted by molar-refractivity contribution is 0.211. The molecule has 0 aliphatic heterocycles. The molecule has 0 saturated heterocycles. The van der Waals surface area contributed by atoms with Crippen molar-refractivity contribution in [2.75, 3.05) is 20.1 Å². The average Bonchev–Trinajstić information content (AvgIpc) is 2.10. The van der Waals surface area contributed by atoms with Crippen LogP contribution in [0, 0.1) is 0 Å². The Morgan fingerprint density at radius 2 is 2.23 bits per heavy atom. The molecule has 4 nitrogen and oxygen atoms in total. The summed E-state index contributed by atoms with van der Waals surface area (Å²) < 4.78 is 0. The number of hydrogen-bond acceptors (Lipinski definition) is 2. The highest BCUT2D eigenvalue weighted by Gasteiger charge is 2.03. The molecular weight excluding hydrogens is 186 g/mol. The summed E-state index contributed by atoms with van der Waals surface area (Å²) in [6.45, 7) is 3.26. The van der Waals surface area contributed by atoms with Crippen LogP contribution in [-0.4, -0.2) is 36.1 Å². The largest absolute Gasteiger partial charge is 0.393 e. The molecule has 0 bridgehead atoms. The van der Waals surface area contributed by atoms with Crippen molar-refractivity contribution < 1.29 is 4.79 Å². The van der Waals surface area contributed by atoms with Gasteiger partial charge in [0.1, 0.15) is 0 Å². The van der Waals surface area contributed by atoms with Crippen LogP contribution in [0.4, 0.5) is 4.79 Å². The van der Waals surface area contributed by atoms with Gasteiger partial charge in [0.05, 0.1) is 4.99 Å². The number of nitrogens with two attached hydrogens (primary N) is 1. The Morgan fingerprint density at radius 1 is 1.62 bits per heavy atom. The molecule has 0 radical (unpaired) electrons. The van der Waals surface area contributed by atoms with Crippen LogP contribution in [0.2, 0.25) is 0 Å². The lowest BCUT2D eigenvalue weighted by Crippen LogP contribution is -2.37. The zero-order chi connectivity index (χ0) is 10.3. The van der Waals surface area contributed by atoms with Gasteiger partial charge in [-0.25, -0.2) is 4.79 Å². The molecule has 76 valence electrons. The van der Waals surface area contributed by atoms with Gasteiger partial charge in [0, 0.05) is 20.1 Å². The van der Waals surface area contributed by atoms with E-state index in [4.69, 9.17) is 18.0 Å². The van der Waals surface area contributed by atoms with E-state index < -0.39 is 0 Å². The van der Waals surface area contributed by atoms with Crippen LogP contribution < -0.4 is 11.1 Å². The summed E-state index contributed by atoms with van der Waals surface area (Å²) in [6.07, 6.45) is 1.49. The van der Waals surface area contributed by atoms with E-state index in [2.05, 4.69) is 5.32 Å². The Bertz CT molecular complexity index is 184. The van der Waals surface area contributed by atoms with Gasteiger partial charge < -0.3 is 16.0 Å². The van der Waals surface area contributed by atoms with Crippen LogP contribution in [0.3, 0.4) is 0 Å². The number of urea groups is 1. The summed E-state index contributed by atoms with van der Waals surface area (Å²) in [5.41, 5.74) is 5.30. The maximum absolute atomic E-state index is 11.2. The van der Waals surface area contributed by atoms with E-state index in [0.29, 0.717) is 24.5 Å². The summed E-state index contributed by atoms with van der Waals surface area (Å²) in [5, 5.41) is 2.76. The number of nitrogens with zero attached hydrogens (tertiary/aromatic N) is 1. The predicted octanol–water partition coefficient (Wildman–Crippen LogP) is 0.714. The van der Waals surface area contributed by atoms with E-state index in [0.717, 1.165) is 6.42 Å². The van der Waals surface area contributed by atoms with Crippen molar-refractivity contribution in [3.05, 3.63) is 0 Å². The van der Waals surface area contributed by atoms with Crippen molar-refractivity contribution in [3.8, 4) is 0 Å². The average molecular weight is 203 g/mol. The van der Waals surface area contributed by atoms with E-state index in [-0.39, 0.29) is 6.03 Å². The topological polar surface area (TPSA) is 58.4 Å². The second-order valence-corrected chi connectivity index (χ2v) is 3.34. The number of amides is 2. The van der Waals surface area contributed by atoms with E-state index >= 15 is 0 Å². The normalized spacial score (nSPS) is 9.38. The molecule has 0 aliphatic rings. The van der Waals surface area contributed by atoms with Crippen LogP contribution in [0.1, 0.15) is 19.8 Å². The molecule has 0 heterocycles. The van der Waals surface area contributed by atoms with Gasteiger partial charge in [-0.3, -0.25) is 0 Å². The number of nitrogens with one attached hydrogen (secondary N) is 1. The van der Waals surface area contributed by atoms with Crippen molar-refractivity contribution in [1.29, 1.82) is 0 Å². The number of hydrogen-bond donors (Lipinski definition) is 2.